The van der Waals surface area contributed by atoms with Crippen molar-refractivity contribution in [2.45, 2.75) is 33.1 Å². The smallest absolute Gasteiger partial charge is 0.220 e. The lowest BCUT2D eigenvalue weighted by atomic mass is 9.99. The van der Waals surface area contributed by atoms with Crippen LogP contribution in [0.3, 0.4) is 0 Å². The van der Waals surface area contributed by atoms with Crippen LogP contribution in [-0.4, -0.2) is 28.0 Å². The predicted molar refractivity (Wildman–Crippen MR) is 110 cm³/mol. The molecule has 0 fully saturated rings. The number of aryl methyl sites for hydroxylation is 2. The first kappa shape index (κ1) is 19.5. The molecule has 28 heavy (non-hydrogen) atoms. The molecule has 1 amide bonds. The van der Waals surface area contributed by atoms with Crippen LogP contribution >= 0.6 is 0 Å². The molecule has 5 nitrogen and oxygen atoms in total. The van der Waals surface area contributed by atoms with E-state index >= 15 is 0 Å². The number of hydrogen-bond donors (Lipinski definition) is 1. The molecule has 0 radical (unpaired) electrons. The van der Waals surface area contributed by atoms with Crippen LogP contribution in [0.2, 0.25) is 0 Å². The Morgan fingerprint density at radius 1 is 1.04 bits per heavy atom. The summed E-state index contributed by atoms with van der Waals surface area (Å²) >= 11 is 0. The molecular formula is C23H25N3O2. The van der Waals surface area contributed by atoms with Gasteiger partial charge >= 0.3 is 0 Å². The molecule has 0 spiro atoms. The Morgan fingerprint density at radius 2 is 1.82 bits per heavy atom. The molecule has 0 saturated carbocycles. The third-order valence-corrected chi connectivity index (χ3v) is 4.71. The second kappa shape index (κ2) is 9.13. The van der Waals surface area contributed by atoms with Gasteiger partial charge in [0.1, 0.15) is 0 Å². The maximum Gasteiger partial charge on any atom is 0.220 e. The van der Waals surface area contributed by atoms with Crippen molar-refractivity contribution in [2.24, 2.45) is 0 Å². The van der Waals surface area contributed by atoms with Crippen LogP contribution in [-0.2, 0) is 11.2 Å². The number of benzene rings is 2. The normalized spacial score (nSPS) is 10.6. The topological polar surface area (TPSA) is 64.0 Å². The van der Waals surface area contributed by atoms with E-state index in [2.05, 4.69) is 10.4 Å². The van der Waals surface area contributed by atoms with Crippen molar-refractivity contribution in [1.82, 2.24) is 15.1 Å². The zero-order valence-electron chi connectivity index (χ0n) is 16.3. The van der Waals surface area contributed by atoms with E-state index in [-0.39, 0.29) is 24.5 Å². The number of Topliss-reactive ketones (excluding diaryl/α,β-unsaturated/α-hetero) is 1. The van der Waals surface area contributed by atoms with Gasteiger partial charge in [-0.1, -0.05) is 29.8 Å². The molecule has 1 N–H and O–H groups in total. The van der Waals surface area contributed by atoms with Gasteiger partial charge in [-0.2, -0.15) is 5.10 Å². The van der Waals surface area contributed by atoms with Crippen LogP contribution < -0.4 is 5.32 Å². The Labute approximate surface area is 165 Å². The first-order chi connectivity index (χ1) is 13.5. The predicted octanol–water partition coefficient (Wildman–Crippen LogP) is 3.81. The monoisotopic (exact) mass is 375 g/mol. The maximum absolute atomic E-state index is 12.4. The van der Waals surface area contributed by atoms with Crippen LogP contribution in [0.25, 0.3) is 5.69 Å². The Bertz CT molecular complexity index is 944. The fourth-order valence-electron chi connectivity index (χ4n) is 3.07. The van der Waals surface area contributed by atoms with Gasteiger partial charge in [-0.3, -0.25) is 9.59 Å². The van der Waals surface area contributed by atoms with Gasteiger partial charge in [-0.15, -0.1) is 0 Å². The van der Waals surface area contributed by atoms with E-state index in [1.807, 2.05) is 68.6 Å². The zero-order chi connectivity index (χ0) is 19.9. The highest BCUT2D eigenvalue weighted by Crippen LogP contribution is 2.14. The van der Waals surface area contributed by atoms with Gasteiger partial charge in [0, 0.05) is 37.3 Å². The van der Waals surface area contributed by atoms with Gasteiger partial charge in [0.25, 0.3) is 0 Å². The fourth-order valence-corrected chi connectivity index (χ4v) is 3.07. The molecule has 0 aliphatic heterocycles. The van der Waals surface area contributed by atoms with Crippen molar-refractivity contribution in [1.29, 1.82) is 0 Å². The van der Waals surface area contributed by atoms with E-state index < -0.39 is 0 Å². The minimum Gasteiger partial charge on any atom is -0.356 e. The summed E-state index contributed by atoms with van der Waals surface area (Å²) in [6.07, 6.45) is 4.83. The SMILES string of the molecule is Cc1ccc(C)c(C(=O)CCC(=O)NCCc2ccc(-n3cccn3)cc2)c1. The summed E-state index contributed by atoms with van der Waals surface area (Å²) in [5, 5.41) is 7.10. The molecule has 0 aliphatic rings. The molecule has 3 rings (SSSR count). The van der Waals surface area contributed by atoms with Crippen LogP contribution in [0.5, 0.6) is 0 Å². The summed E-state index contributed by atoms with van der Waals surface area (Å²) < 4.78 is 1.80. The Kier molecular flexibility index (Phi) is 6.37. The lowest BCUT2D eigenvalue weighted by Gasteiger charge is -2.08. The van der Waals surface area contributed by atoms with E-state index in [4.69, 9.17) is 0 Å². The molecule has 0 unspecified atom stereocenters. The number of amides is 1. The molecule has 144 valence electrons. The second-order valence-corrected chi connectivity index (χ2v) is 6.96. The number of rotatable bonds is 8. The minimum absolute atomic E-state index is 0.0190. The Hall–Kier alpha value is -3.21. The fraction of sp³-hybridized carbons (Fsp3) is 0.261. The largest absolute Gasteiger partial charge is 0.356 e. The van der Waals surface area contributed by atoms with Gasteiger partial charge in [0.2, 0.25) is 5.91 Å². The molecule has 5 heteroatoms. The minimum atomic E-state index is -0.0909. The summed E-state index contributed by atoms with van der Waals surface area (Å²) in [5.74, 6) is -0.0719. The molecule has 0 bridgehead atoms. The lowest BCUT2D eigenvalue weighted by molar-refractivity contribution is -0.121. The van der Waals surface area contributed by atoms with Crippen molar-refractivity contribution in [3.05, 3.63) is 83.2 Å². The number of nitrogens with one attached hydrogen (secondary N) is 1. The molecular weight excluding hydrogens is 350 g/mol. The van der Waals surface area contributed by atoms with Crippen LogP contribution in [0.4, 0.5) is 0 Å². The van der Waals surface area contributed by atoms with E-state index in [9.17, 15) is 9.59 Å². The summed E-state index contributed by atoms with van der Waals surface area (Å²) in [6.45, 7) is 4.44. The first-order valence-electron chi connectivity index (χ1n) is 9.49. The molecule has 0 aliphatic carbocycles. The van der Waals surface area contributed by atoms with Crippen molar-refractivity contribution >= 4 is 11.7 Å². The van der Waals surface area contributed by atoms with Crippen molar-refractivity contribution < 1.29 is 9.59 Å². The Balaban J connectivity index is 1.42. The molecule has 1 aromatic heterocycles. The highest BCUT2D eigenvalue weighted by Gasteiger charge is 2.11. The zero-order valence-corrected chi connectivity index (χ0v) is 16.3. The summed E-state index contributed by atoms with van der Waals surface area (Å²) in [6, 6.07) is 15.8. The first-order valence-corrected chi connectivity index (χ1v) is 9.49. The van der Waals surface area contributed by atoms with Crippen molar-refractivity contribution in [3.8, 4) is 5.69 Å². The molecule has 0 atom stereocenters. The number of aromatic nitrogens is 2. The van der Waals surface area contributed by atoms with Gasteiger partial charge in [-0.25, -0.2) is 4.68 Å². The van der Waals surface area contributed by atoms with Crippen molar-refractivity contribution in [3.63, 3.8) is 0 Å². The van der Waals surface area contributed by atoms with Crippen LogP contribution in [0, 0.1) is 13.8 Å². The number of nitrogens with zero attached hydrogens (tertiary/aromatic N) is 2. The molecule has 2 aromatic carbocycles. The standard InChI is InChI=1S/C23H25N3O2/c1-17-4-5-18(2)21(16-17)22(27)10-11-23(28)24-14-12-19-6-8-20(9-7-19)26-15-3-13-25-26/h3-9,13,15-16H,10-12,14H2,1-2H3,(H,24,28). The summed E-state index contributed by atoms with van der Waals surface area (Å²) in [7, 11) is 0. The number of carbonyl (C=O) groups is 2. The third kappa shape index (κ3) is 5.16. The van der Waals surface area contributed by atoms with Gasteiger partial charge in [-0.05, 0) is 55.7 Å². The average Bonchev–Trinajstić information content (AvgIpc) is 3.23. The van der Waals surface area contributed by atoms with Crippen LogP contribution in [0.1, 0.15) is 39.9 Å². The van der Waals surface area contributed by atoms with E-state index in [0.717, 1.165) is 28.8 Å². The lowest BCUT2D eigenvalue weighted by Crippen LogP contribution is -2.26. The molecule has 0 saturated heterocycles. The number of hydrogen-bond acceptors (Lipinski definition) is 3. The number of carbonyl (C=O) groups excluding carboxylic acids is 2. The second-order valence-electron chi connectivity index (χ2n) is 6.96. The van der Waals surface area contributed by atoms with Crippen LogP contribution in [0.15, 0.2) is 60.9 Å². The van der Waals surface area contributed by atoms with E-state index in [0.29, 0.717) is 12.1 Å². The Morgan fingerprint density at radius 3 is 2.54 bits per heavy atom. The highest BCUT2D eigenvalue weighted by atomic mass is 16.2. The van der Waals surface area contributed by atoms with E-state index in [1.54, 1.807) is 10.9 Å². The molecule has 1 heterocycles. The van der Waals surface area contributed by atoms with Gasteiger partial charge in [0.05, 0.1) is 5.69 Å². The highest BCUT2D eigenvalue weighted by molar-refractivity contribution is 5.99. The molecule has 3 aromatic rings. The van der Waals surface area contributed by atoms with Gasteiger partial charge < -0.3 is 5.32 Å². The average molecular weight is 375 g/mol. The summed E-state index contributed by atoms with van der Waals surface area (Å²) in [4.78, 5) is 24.4. The third-order valence-electron chi connectivity index (χ3n) is 4.71. The van der Waals surface area contributed by atoms with E-state index in [1.165, 1.54) is 0 Å². The van der Waals surface area contributed by atoms with Crippen molar-refractivity contribution in [2.75, 3.05) is 6.54 Å². The maximum atomic E-state index is 12.4. The van der Waals surface area contributed by atoms with Gasteiger partial charge in [0.15, 0.2) is 5.78 Å². The quantitative estimate of drug-likeness (QED) is 0.609. The number of ketones is 1. The summed E-state index contributed by atoms with van der Waals surface area (Å²) in [5.41, 5.74) is 4.86.